The maximum Gasteiger partial charge on any atom is 0.316 e. The normalized spacial score (nSPS) is 18.8. The Kier molecular flexibility index (Phi) is 6.55. The first-order valence-electron chi connectivity index (χ1n) is 10.6. The number of rotatable bonds is 5. The molecule has 0 N–H and O–H groups in total. The summed E-state index contributed by atoms with van der Waals surface area (Å²) in [6.45, 7) is 1.66. The van der Waals surface area contributed by atoms with Crippen LogP contribution >= 0.6 is 11.6 Å². The summed E-state index contributed by atoms with van der Waals surface area (Å²) < 4.78 is 32.7. The summed E-state index contributed by atoms with van der Waals surface area (Å²) in [4.78, 5) is 15.4. The van der Waals surface area contributed by atoms with E-state index in [1.54, 1.807) is 30.5 Å². The summed E-state index contributed by atoms with van der Waals surface area (Å²) in [5.41, 5.74) is 0.845. The second-order valence-electron chi connectivity index (χ2n) is 8.08. The highest BCUT2D eigenvalue weighted by Gasteiger charge is 2.28. The van der Waals surface area contributed by atoms with Gasteiger partial charge in [-0.2, -0.15) is 14.1 Å². The molecule has 0 spiro atoms. The van der Waals surface area contributed by atoms with E-state index in [9.17, 15) is 13.2 Å². The summed E-state index contributed by atoms with van der Waals surface area (Å²) in [6.07, 6.45) is 8.03. The summed E-state index contributed by atoms with van der Waals surface area (Å²) in [5.74, 6) is 0.273. The van der Waals surface area contributed by atoms with Crippen molar-refractivity contribution in [3.05, 3.63) is 45.8 Å². The van der Waals surface area contributed by atoms with Gasteiger partial charge in [0.05, 0.1) is 24.2 Å². The van der Waals surface area contributed by atoms with Gasteiger partial charge in [-0.25, -0.2) is 8.42 Å². The lowest BCUT2D eigenvalue weighted by atomic mass is 9.98. The highest BCUT2D eigenvalue weighted by Crippen LogP contribution is 2.30. The first-order chi connectivity index (χ1) is 14.8. The first-order valence-corrected chi connectivity index (χ1v) is 12.8. The van der Waals surface area contributed by atoms with Crippen LogP contribution in [0.4, 0.5) is 5.69 Å². The van der Waals surface area contributed by atoms with Crippen molar-refractivity contribution in [1.82, 2.24) is 14.1 Å². The Morgan fingerprint density at radius 3 is 2.45 bits per heavy atom. The third-order valence-corrected chi connectivity index (χ3v) is 7.39. The van der Waals surface area contributed by atoms with Gasteiger partial charge in [-0.1, -0.05) is 24.1 Å². The molecule has 1 saturated carbocycles. The standard InChI is InChI=1S/C21H27ClN4O4S/c1-31(28,29)25-12-10-24(11-13-25)19-15-23-26(17-7-5-6-16(22)14-17)21(27)20(19)30-18-8-3-2-4-9-18/h5-7,14-15,18H,2-4,8-13H2,1H3. The Morgan fingerprint density at radius 1 is 1.10 bits per heavy atom. The van der Waals surface area contributed by atoms with Gasteiger partial charge in [-0.3, -0.25) is 4.79 Å². The average Bonchev–Trinajstić information content (AvgIpc) is 2.75. The van der Waals surface area contributed by atoms with E-state index in [1.807, 2.05) is 4.90 Å². The molecule has 31 heavy (non-hydrogen) atoms. The van der Waals surface area contributed by atoms with E-state index in [0.29, 0.717) is 42.6 Å². The number of sulfonamides is 1. The fourth-order valence-electron chi connectivity index (χ4n) is 4.17. The van der Waals surface area contributed by atoms with Crippen molar-refractivity contribution in [1.29, 1.82) is 0 Å². The lowest BCUT2D eigenvalue weighted by Crippen LogP contribution is -2.49. The molecule has 0 amide bonds. The number of ether oxygens (including phenoxy) is 1. The number of aromatic nitrogens is 2. The first kappa shape index (κ1) is 22.1. The molecule has 1 aromatic carbocycles. The van der Waals surface area contributed by atoms with Crippen LogP contribution in [0.1, 0.15) is 32.1 Å². The van der Waals surface area contributed by atoms with Crippen LogP contribution in [0.3, 0.4) is 0 Å². The number of anilines is 1. The van der Waals surface area contributed by atoms with Crippen LogP contribution in [0.15, 0.2) is 35.3 Å². The molecule has 2 heterocycles. The van der Waals surface area contributed by atoms with Crippen LogP contribution in [-0.2, 0) is 10.0 Å². The Morgan fingerprint density at radius 2 is 1.81 bits per heavy atom. The van der Waals surface area contributed by atoms with Crippen molar-refractivity contribution >= 4 is 27.3 Å². The van der Waals surface area contributed by atoms with Crippen molar-refractivity contribution in [2.45, 2.75) is 38.2 Å². The van der Waals surface area contributed by atoms with Gasteiger partial charge in [0.2, 0.25) is 15.8 Å². The quantitative estimate of drug-likeness (QED) is 0.673. The molecule has 2 aliphatic rings. The van der Waals surface area contributed by atoms with Gasteiger partial charge in [0.15, 0.2) is 0 Å². The van der Waals surface area contributed by atoms with Gasteiger partial charge < -0.3 is 9.64 Å². The van der Waals surface area contributed by atoms with Gasteiger partial charge in [0.1, 0.15) is 5.69 Å². The van der Waals surface area contributed by atoms with Crippen molar-refractivity contribution in [3.8, 4) is 11.4 Å². The van der Waals surface area contributed by atoms with E-state index in [1.165, 1.54) is 21.7 Å². The minimum absolute atomic E-state index is 0.00674. The van der Waals surface area contributed by atoms with Crippen molar-refractivity contribution in [2.75, 3.05) is 37.3 Å². The number of benzene rings is 1. The Hall–Kier alpha value is -2.10. The van der Waals surface area contributed by atoms with Gasteiger partial charge in [-0.05, 0) is 43.9 Å². The second-order valence-corrected chi connectivity index (χ2v) is 10.5. The smallest absolute Gasteiger partial charge is 0.316 e. The Balaban J connectivity index is 1.69. The van der Waals surface area contributed by atoms with Crippen molar-refractivity contribution in [3.63, 3.8) is 0 Å². The Labute approximate surface area is 187 Å². The topological polar surface area (TPSA) is 84.7 Å². The van der Waals surface area contributed by atoms with Gasteiger partial charge >= 0.3 is 5.56 Å². The number of hydrogen-bond donors (Lipinski definition) is 0. The van der Waals surface area contributed by atoms with Crippen molar-refractivity contribution in [2.24, 2.45) is 0 Å². The minimum atomic E-state index is -3.24. The van der Waals surface area contributed by atoms with Crippen LogP contribution in [-0.4, -0.2) is 61.0 Å². The van der Waals surface area contributed by atoms with Gasteiger partial charge in [0, 0.05) is 31.2 Å². The average molecular weight is 467 g/mol. The fourth-order valence-corrected chi connectivity index (χ4v) is 5.18. The molecule has 1 aliphatic carbocycles. The van der Waals surface area contributed by atoms with E-state index in [4.69, 9.17) is 16.3 Å². The molecule has 4 rings (SSSR count). The molecule has 2 fully saturated rings. The Bertz CT molecular complexity index is 1090. The molecule has 10 heteroatoms. The zero-order valence-corrected chi connectivity index (χ0v) is 19.1. The van der Waals surface area contributed by atoms with Crippen LogP contribution in [0.5, 0.6) is 5.75 Å². The monoisotopic (exact) mass is 466 g/mol. The minimum Gasteiger partial charge on any atom is -0.483 e. The van der Waals surface area contributed by atoms with Crippen LogP contribution in [0, 0.1) is 0 Å². The molecule has 0 radical (unpaired) electrons. The highest BCUT2D eigenvalue weighted by atomic mass is 35.5. The lowest BCUT2D eigenvalue weighted by Gasteiger charge is -2.35. The summed E-state index contributed by atoms with van der Waals surface area (Å²) in [7, 11) is -3.24. The fraction of sp³-hybridized carbons (Fsp3) is 0.524. The zero-order chi connectivity index (χ0) is 22.0. The summed E-state index contributed by atoms with van der Waals surface area (Å²) >= 11 is 6.11. The molecule has 0 atom stereocenters. The molecular formula is C21H27ClN4O4S. The summed E-state index contributed by atoms with van der Waals surface area (Å²) in [5, 5.41) is 4.89. The lowest BCUT2D eigenvalue weighted by molar-refractivity contribution is 0.152. The van der Waals surface area contributed by atoms with Crippen LogP contribution < -0.4 is 15.2 Å². The predicted molar refractivity (Wildman–Crippen MR) is 121 cm³/mol. The molecule has 168 valence electrons. The van der Waals surface area contributed by atoms with E-state index in [-0.39, 0.29) is 17.4 Å². The number of nitrogens with zero attached hydrogens (tertiary/aromatic N) is 4. The third kappa shape index (κ3) is 5.05. The SMILES string of the molecule is CS(=O)(=O)N1CCN(c2cnn(-c3cccc(Cl)c3)c(=O)c2OC2CCCCC2)CC1. The highest BCUT2D eigenvalue weighted by molar-refractivity contribution is 7.88. The largest absolute Gasteiger partial charge is 0.483 e. The molecule has 8 nitrogen and oxygen atoms in total. The van der Waals surface area contributed by atoms with E-state index >= 15 is 0 Å². The van der Waals surface area contributed by atoms with E-state index < -0.39 is 10.0 Å². The number of halogens is 1. The van der Waals surface area contributed by atoms with E-state index in [0.717, 1.165) is 25.7 Å². The van der Waals surface area contributed by atoms with Crippen molar-refractivity contribution < 1.29 is 13.2 Å². The second kappa shape index (κ2) is 9.18. The van der Waals surface area contributed by atoms with E-state index in [2.05, 4.69) is 5.10 Å². The maximum atomic E-state index is 13.4. The zero-order valence-electron chi connectivity index (χ0n) is 17.5. The molecular weight excluding hydrogens is 440 g/mol. The third-order valence-electron chi connectivity index (χ3n) is 5.85. The molecule has 1 aliphatic heterocycles. The number of hydrogen-bond acceptors (Lipinski definition) is 6. The maximum absolute atomic E-state index is 13.4. The summed E-state index contributed by atoms with van der Waals surface area (Å²) in [6, 6.07) is 6.97. The number of piperazine rings is 1. The molecule has 0 unspecified atom stereocenters. The van der Waals surface area contributed by atoms with Gasteiger partial charge in [0.25, 0.3) is 0 Å². The van der Waals surface area contributed by atoms with Crippen LogP contribution in [0.25, 0.3) is 5.69 Å². The molecule has 1 saturated heterocycles. The predicted octanol–water partition coefficient (Wildman–Crippen LogP) is 2.68. The van der Waals surface area contributed by atoms with Crippen LogP contribution in [0.2, 0.25) is 5.02 Å². The molecule has 1 aromatic heterocycles. The molecule has 2 aromatic rings. The molecule has 0 bridgehead atoms. The van der Waals surface area contributed by atoms with Gasteiger partial charge in [-0.15, -0.1) is 0 Å².